The Bertz CT molecular complexity index is 592. The van der Waals surface area contributed by atoms with Crippen LogP contribution in [0.1, 0.15) is 16.8 Å². The summed E-state index contributed by atoms with van der Waals surface area (Å²) in [6.45, 7) is 1.90. The van der Waals surface area contributed by atoms with Crippen LogP contribution in [-0.4, -0.2) is 4.98 Å². The molecule has 1 aromatic carbocycles. The Balaban J connectivity index is 2.33. The van der Waals surface area contributed by atoms with Crippen LogP contribution in [0, 0.1) is 24.6 Å². The monoisotopic (exact) mass is 226 g/mol. The molecule has 0 fully saturated rings. The quantitative estimate of drug-likeness (QED) is 0.701. The highest BCUT2D eigenvalue weighted by molar-refractivity contribution is 5.57. The maximum atomic E-state index is 12.7. The van der Waals surface area contributed by atoms with Gasteiger partial charge < -0.3 is 5.73 Å². The first-order valence-corrected chi connectivity index (χ1v) is 5.15. The zero-order chi connectivity index (χ0) is 12.3. The van der Waals surface area contributed by atoms with Gasteiger partial charge in [0, 0.05) is 11.8 Å². The summed E-state index contributed by atoms with van der Waals surface area (Å²) in [5, 5.41) is 0. The molecule has 1 aromatic heterocycles. The predicted molar refractivity (Wildman–Crippen MR) is 65.8 cm³/mol. The van der Waals surface area contributed by atoms with E-state index in [1.165, 1.54) is 12.1 Å². The number of nitrogen functional groups attached to an aromatic ring is 1. The molecule has 1 heterocycles. The van der Waals surface area contributed by atoms with Crippen molar-refractivity contribution < 1.29 is 4.39 Å². The number of hydrogen-bond acceptors (Lipinski definition) is 2. The molecule has 0 atom stereocenters. The van der Waals surface area contributed by atoms with Gasteiger partial charge in [0.1, 0.15) is 11.5 Å². The zero-order valence-electron chi connectivity index (χ0n) is 9.37. The van der Waals surface area contributed by atoms with Crippen LogP contribution in [-0.2, 0) is 0 Å². The molecule has 0 aliphatic rings. The lowest BCUT2D eigenvalue weighted by Crippen LogP contribution is -1.96. The van der Waals surface area contributed by atoms with E-state index in [4.69, 9.17) is 5.73 Å². The molecule has 0 saturated heterocycles. The number of halogens is 1. The van der Waals surface area contributed by atoms with Gasteiger partial charge in [-0.05, 0) is 48.7 Å². The van der Waals surface area contributed by atoms with E-state index >= 15 is 0 Å². The van der Waals surface area contributed by atoms with E-state index in [-0.39, 0.29) is 5.82 Å². The SMILES string of the molecule is Cc1ccnc(C#Cc2ccc(F)cc2)c1N. The van der Waals surface area contributed by atoms with Gasteiger partial charge in [-0.2, -0.15) is 0 Å². The molecular weight excluding hydrogens is 215 g/mol. The number of rotatable bonds is 0. The molecular formula is C14H11FN2. The molecule has 2 N–H and O–H groups in total. The molecule has 0 aliphatic heterocycles. The summed E-state index contributed by atoms with van der Waals surface area (Å²) in [4.78, 5) is 4.10. The van der Waals surface area contributed by atoms with Crippen LogP contribution in [0.5, 0.6) is 0 Å². The molecule has 2 aromatic rings. The van der Waals surface area contributed by atoms with E-state index in [2.05, 4.69) is 16.8 Å². The second kappa shape index (κ2) is 4.67. The van der Waals surface area contributed by atoms with Gasteiger partial charge in [0.05, 0.1) is 5.69 Å². The van der Waals surface area contributed by atoms with E-state index in [9.17, 15) is 4.39 Å². The van der Waals surface area contributed by atoms with Crippen LogP contribution in [0.4, 0.5) is 10.1 Å². The summed E-state index contributed by atoms with van der Waals surface area (Å²) >= 11 is 0. The minimum absolute atomic E-state index is 0.274. The number of nitrogens with two attached hydrogens (primary N) is 1. The molecule has 84 valence electrons. The predicted octanol–water partition coefficient (Wildman–Crippen LogP) is 2.51. The average molecular weight is 226 g/mol. The van der Waals surface area contributed by atoms with E-state index in [0.717, 1.165) is 11.1 Å². The number of aryl methyl sites for hydroxylation is 1. The molecule has 2 rings (SSSR count). The van der Waals surface area contributed by atoms with Crippen LogP contribution in [0.25, 0.3) is 0 Å². The summed E-state index contributed by atoms with van der Waals surface area (Å²) in [6, 6.07) is 7.81. The van der Waals surface area contributed by atoms with Crippen molar-refractivity contribution in [2.45, 2.75) is 6.92 Å². The van der Waals surface area contributed by atoms with E-state index < -0.39 is 0 Å². The van der Waals surface area contributed by atoms with Gasteiger partial charge in [0.2, 0.25) is 0 Å². The van der Waals surface area contributed by atoms with Gasteiger partial charge in [-0.25, -0.2) is 9.37 Å². The Kier molecular flexibility index (Phi) is 3.06. The van der Waals surface area contributed by atoms with Crippen molar-refractivity contribution in [3.05, 3.63) is 59.2 Å². The van der Waals surface area contributed by atoms with Crippen LogP contribution >= 0.6 is 0 Å². The summed E-state index contributed by atoms with van der Waals surface area (Å²) in [7, 11) is 0. The average Bonchev–Trinajstić information content (AvgIpc) is 2.33. The molecule has 0 radical (unpaired) electrons. The van der Waals surface area contributed by atoms with E-state index in [0.29, 0.717) is 11.4 Å². The van der Waals surface area contributed by atoms with Gasteiger partial charge in [0.25, 0.3) is 0 Å². The number of anilines is 1. The molecule has 0 amide bonds. The van der Waals surface area contributed by atoms with Crippen molar-refractivity contribution in [1.82, 2.24) is 4.98 Å². The van der Waals surface area contributed by atoms with Crippen LogP contribution in [0.3, 0.4) is 0 Å². The van der Waals surface area contributed by atoms with Gasteiger partial charge in [-0.15, -0.1) is 0 Å². The minimum Gasteiger partial charge on any atom is -0.396 e. The fourth-order valence-electron chi connectivity index (χ4n) is 1.33. The zero-order valence-corrected chi connectivity index (χ0v) is 9.37. The van der Waals surface area contributed by atoms with E-state index in [1.807, 2.05) is 13.0 Å². The second-order valence-corrected chi connectivity index (χ2v) is 3.65. The molecule has 3 heteroatoms. The maximum Gasteiger partial charge on any atom is 0.136 e. The number of benzene rings is 1. The Labute approximate surface area is 99.3 Å². The van der Waals surface area contributed by atoms with Gasteiger partial charge in [0.15, 0.2) is 0 Å². The molecule has 2 nitrogen and oxygen atoms in total. The molecule has 17 heavy (non-hydrogen) atoms. The standard InChI is InChI=1S/C14H11FN2/c1-10-8-9-17-13(14(10)16)7-4-11-2-5-12(15)6-3-11/h2-3,5-6,8-9H,16H2,1H3. The second-order valence-electron chi connectivity index (χ2n) is 3.65. The lowest BCUT2D eigenvalue weighted by molar-refractivity contribution is 0.627. The Morgan fingerprint density at radius 3 is 2.53 bits per heavy atom. The smallest absolute Gasteiger partial charge is 0.136 e. The largest absolute Gasteiger partial charge is 0.396 e. The third kappa shape index (κ3) is 2.61. The lowest BCUT2D eigenvalue weighted by atomic mass is 10.2. The topological polar surface area (TPSA) is 38.9 Å². The van der Waals surface area contributed by atoms with Gasteiger partial charge in [-0.1, -0.05) is 5.92 Å². The molecule has 0 bridgehead atoms. The van der Waals surface area contributed by atoms with Gasteiger partial charge in [-0.3, -0.25) is 0 Å². The molecule has 0 unspecified atom stereocenters. The Morgan fingerprint density at radius 2 is 1.82 bits per heavy atom. The highest BCUT2D eigenvalue weighted by Crippen LogP contribution is 2.12. The normalized spacial score (nSPS) is 9.53. The number of nitrogens with zero attached hydrogens (tertiary/aromatic N) is 1. The summed E-state index contributed by atoms with van der Waals surface area (Å²) in [5.74, 6) is 5.50. The Morgan fingerprint density at radius 1 is 1.12 bits per heavy atom. The fraction of sp³-hybridized carbons (Fsp3) is 0.0714. The first-order valence-electron chi connectivity index (χ1n) is 5.15. The van der Waals surface area contributed by atoms with Crippen molar-refractivity contribution >= 4 is 5.69 Å². The van der Waals surface area contributed by atoms with Crippen molar-refractivity contribution in [3.63, 3.8) is 0 Å². The number of pyridine rings is 1. The van der Waals surface area contributed by atoms with E-state index in [1.54, 1.807) is 18.3 Å². The number of aromatic nitrogens is 1. The van der Waals surface area contributed by atoms with Crippen molar-refractivity contribution in [2.75, 3.05) is 5.73 Å². The molecule has 0 spiro atoms. The lowest BCUT2D eigenvalue weighted by Gasteiger charge is -1.99. The first kappa shape index (κ1) is 11.2. The van der Waals surface area contributed by atoms with Crippen LogP contribution < -0.4 is 5.73 Å². The van der Waals surface area contributed by atoms with Crippen molar-refractivity contribution in [3.8, 4) is 11.8 Å². The summed E-state index contributed by atoms with van der Waals surface area (Å²) < 4.78 is 12.7. The first-order chi connectivity index (χ1) is 8.16. The highest BCUT2D eigenvalue weighted by atomic mass is 19.1. The Hall–Kier alpha value is -2.34. The summed E-state index contributed by atoms with van der Waals surface area (Å²) in [5.41, 5.74) is 8.66. The third-order valence-electron chi connectivity index (χ3n) is 2.38. The third-order valence-corrected chi connectivity index (χ3v) is 2.38. The molecule has 0 saturated carbocycles. The number of hydrogen-bond donors (Lipinski definition) is 1. The van der Waals surface area contributed by atoms with Gasteiger partial charge >= 0.3 is 0 Å². The minimum atomic E-state index is -0.274. The van der Waals surface area contributed by atoms with Crippen molar-refractivity contribution in [2.24, 2.45) is 0 Å². The highest BCUT2D eigenvalue weighted by Gasteiger charge is 1.98. The maximum absolute atomic E-state index is 12.7. The van der Waals surface area contributed by atoms with Crippen molar-refractivity contribution in [1.29, 1.82) is 0 Å². The summed E-state index contributed by atoms with van der Waals surface area (Å²) in [6.07, 6.45) is 1.67. The van der Waals surface area contributed by atoms with Crippen LogP contribution in [0.2, 0.25) is 0 Å². The molecule has 0 aliphatic carbocycles. The fourth-order valence-corrected chi connectivity index (χ4v) is 1.33. The van der Waals surface area contributed by atoms with Crippen LogP contribution in [0.15, 0.2) is 36.5 Å².